The number of fused-ring (bicyclic) bond motifs is 1. The Bertz CT molecular complexity index is 621. The third kappa shape index (κ3) is 3.10. The van der Waals surface area contributed by atoms with Crippen LogP contribution in [0.3, 0.4) is 0 Å². The largest absolute Gasteiger partial charge is 0.497 e. The van der Waals surface area contributed by atoms with Crippen LogP contribution in [-0.4, -0.2) is 29.3 Å². The third-order valence-corrected chi connectivity index (χ3v) is 4.34. The lowest BCUT2D eigenvalue weighted by molar-refractivity contribution is 0.0167. The van der Waals surface area contributed by atoms with E-state index in [1.165, 1.54) is 6.42 Å². The Balaban J connectivity index is 1.82. The smallest absolute Gasteiger partial charge is 0.134 e. The summed E-state index contributed by atoms with van der Waals surface area (Å²) >= 11 is 0. The lowest BCUT2D eigenvalue weighted by Crippen LogP contribution is -2.38. The molecule has 0 aliphatic heterocycles. The van der Waals surface area contributed by atoms with E-state index in [4.69, 9.17) is 4.74 Å². The topological polar surface area (TPSA) is 54.4 Å². The average Bonchev–Trinajstić information content (AvgIpc) is 2.53. The van der Waals surface area contributed by atoms with Gasteiger partial charge in [-0.1, -0.05) is 25.3 Å². The van der Waals surface area contributed by atoms with Gasteiger partial charge in [-0.25, -0.2) is 4.98 Å². The van der Waals surface area contributed by atoms with Gasteiger partial charge in [-0.15, -0.1) is 0 Å². The molecule has 0 atom stereocenters. The van der Waals surface area contributed by atoms with Crippen LogP contribution in [0.5, 0.6) is 5.75 Å². The second-order valence-corrected chi connectivity index (χ2v) is 5.89. The van der Waals surface area contributed by atoms with Gasteiger partial charge in [0.1, 0.15) is 11.6 Å². The number of pyridine rings is 1. The molecule has 4 nitrogen and oxygen atoms in total. The van der Waals surface area contributed by atoms with Gasteiger partial charge in [-0.2, -0.15) is 0 Å². The number of aliphatic hydroxyl groups is 1. The van der Waals surface area contributed by atoms with Gasteiger partial charge < -0.3 is 15.2 Å². The van der Waals surface area contributed by atoms with Crippen LogP contribution < -0.4 is 10.1 Å². The highest BCUT2D eigenvalue weighted by molar-refractivity contribution is 5.92. The van der Waals surface area contributed by atoms with E-state index >= 15 is 0 Å². The molecule has 21 heavy (non-hydrogen) atoms. The van der Waals surface area contributed by atoms with E-state index in [-0.39, 0.29) is 0 Å². The van der Waals surface area contributed by atoms with Crippen molar-refractivity contribution in [3.05, 3.63) is 30.5 Å². The highest BCUT2D eigenvalue weighted by atomic mass is 16.5. The number of nitrogens with zero attached hydrogens (tertiary/aromatic N) is 1. The first kappa shape index (κ1) is 14.1. The Hall–Kier alpha value is -1.81. The molecule has 1 aliphatic carbocycles. The summed E-state index contributed by atoms with van der Waals surface area (Å²) in [5.41, 5.74) is -0.596. The standard InChI is InChI=1S/C17H22N2O2/c1-21-14-6-5-13-7-10-18-16(15(13)11-14)19-12-17(20)8-3-2-4-9-17/h5-7,10-11,20H,2-4,8-9,12H2,1H3,(H,18,19). The molecule has 3 rings (SSSR count). The fourth-order valence-corrected chi connectivity index (χ4v) is 3.05. The quantitative estimate of drug-likeness (QED) is 0.905. The van der Waals surface area contributed by atoms with Crippen molar-refractivity contribution < 1.29 is 9.84 Å². The number of nitrogens with one attached hydrogen (secondary N) is 1. The van der Waals surface area contributed by atoms with Gasteiger partial charge in [0.15, 0.2) is 0 Å². The van der Waals surface area contributed by atoms with Crippen LogP contribution in [0.15, 0.2) is 30.5 Å². The number of ether oxygens (including phenoxy) is 1. The van der Waals surface area contributed by atoms with E-state index in [0.29, 0.717) is 6.54 Å². The summed E-state index contributed by atoms with van der Waals surface area (Å²) in [5, 5.41) is 16.1. The number of anilines is 1. The van der Waals surface area contributed by atoms with E-state index in [9.17, 15) is 5.11 Å². The fraction of sp³-hybridized carbons (Fsp3) is 0.471. The van der Waals surface area contributed by atoms with E-state index in [1.807, 2.05) is 24.3 Å². The SMILES string of the molecule is COc1ccc2ccnc(NCC3(O)CCCCC3)c2c1. The Morgan fingerprint density at radius 2 is 2.05 bits per heavy atom. The van der Waals surface area contributed by atoms with Crippen molar-refractivity contribution in [3.8, 4) is 5.75 Å². The van der Waals surface area contributed by atoms with Crippen LogP contribution in [0.4, 0.5) is 5.82 Å². The van der Waals surface area contributed by atoms with Crippen LogP contribution in [0.1, 0.15) is 32.1 Å². The maximum absolute atomic E-state index is 10.6. The van der Waals surface area contributed by atoms with Gasteiger partial charge in [0.2, 0.25) is 0 Å². The number of rotatable bonds is 4. The van der Waals surface area contributed by atoms with Crippen molar-refractivity contribution in [2.24, 2.45) is 0 Å². The third-order valence-electron chi connectivity index (χ3n) is 4.34. The minimum Gasteiger partial charge on any atom is -0.497 e. The number of methoxy groups -OCH3 is 1. The Morgan fingerprint density at radius 1 is 1.24 bits per heavy atom. The molecule has 2 aromatic rings. The Labute approximate surface area is 125 Å². The Morgan fingerprint density at radius 3 is 2.81 bits per heavy atom. The van der Waals surface area contributed by atoms with Crippen molar-refractivity contribution >= 4 is 16.6 Å². The van der Waals surface area contributed by atoms with Crippen molar-refractivity contribution in [2.75, 3.05) is 19.0 Å². The highest BCUT2D eigenvalue weighted by Crippen LogP contribution is 2.30. The molecule has 2 N–H and O–H groups in total. The van der Waals surface area contributed by atoms with Gasteiger partial charge in [-0.05, 0) is 36.4 Å². The molecule has 4 heteroatoms. The molecule has 1 heterocycles. The monoisotopic (exact) mass is 286 g/mol. The first-order valence-electron chi connectivity index (χ1n) is 7.59. The molecular formula is C17H22N2O2. The fourth-order valence-electron chi connectivity index (χ4n) is 3.05. The zero-order valence-corrected chi connectivity index (χ0v) is 12.4. The molecule has 1 aromatic carbocycles. The maximum Gasteiger partial charge on any atom is 0.134 e. The van der Waals surface area contributed by atoms with Crippen LogP contribution in [0, 0.1) is 0 Å². The van der Waals surface area contributed by atoms with E-state index in [1.54, 1.807) is 13.3 Å². The predicted molar refractivity (Wildman–Crippen MR) is 84.8 cm³/mol. The molecule has 0 amide bonds. The van der Waals surface area contributed by atoms with Gasteiger partial charge in [0, 0.05) is 18.1 Å². The van der Waals surface area contributed by atoms with Crippen molar-refractivity contribution in [1.82, 2.24) is 4.98 Å². The van der Waals surface area contributed by atoms with Crippen LogP contribution in [-0.2, 0) is 0 Å². The van der Waals surface area contributed by atoms with Gasteiger partial charge in [0.05, 0.1) is 12.7 Å². The summed E-state index contributed by atoms with van der Waals surface area (Å²) in [7, 11) is 1.66. The lowest BCUT2D eigenvalue weighted by atomic mass is 9.85. The number of benzene rings is 1. The zero-order chi connectivity index (χ0) is 14.7. The summed E-state index contributed by atoms with van der Waals surface area (Å²) in [6, 6.07) is 7.93. The molecular weight excluding hydrogens is 264 g/mol. The molecule has 0 bridgehead atoms. The van der Waals surface area contributed by atoms with Crippen molar-refractivity contribution in [2.45, 2.75) is 37.7 Å². The highest BCUT2D eigenvalue weighted by Gasteiger charge is 2.29. The summed E-state index contributed by atoms with van der Waals surface area (Å²) in [5.74, 6) is 1.63. The number of hydrogen-bond acceptors (Lipinski definition) is 4. The number of hydrogen-bond donors (Lipinski definition) is 2. The zero-order valence-electron chi connectivity index (χ0n) is 12.4. The molecule has 0 unspecified atom stereocenters. The molecule has 112 valence electrons. The van der Waals surface area contributed by atoms with E-state index in [2.05, 4.69) is 10.3 Å². The predicted octanol–water partition coefficient (Wildman–Crippen LogP) is 3.35. The van der Waals surface area contributed by atoms with Crippen LogP contribution in [0.25, 0.3) is 10.8 Å². The van der Waals surface area contributed by atoms with E-state index < -0.39 is 5.60 Å². The number of aromatic nitrogens is 1. The van der Waals surface area contributed by atoms with Crippen LogP contribution >= 0.6 is 0 Å². The van der Waals surface area contributed by atoms with Crippen molar-refractivity contribution in [3.63, 3.8) is 0 Å². The van der Waals surface area contributed by atoms with Crippen molar-refractivity contribution in [1.29, 1.82) is 0 Å². The molecule has 1 fully saturated rings. The summed E-state index contributed by atoms with van der Waals surface area (Å²) in [6.07, 6.45) is 6.97. The molecule has 0 spiro atoms. The summed E-state index contributed by atoms with van der Waals surface area (Å²) in [6.45, 7) is 0.552. The molecule has 1 aromatic heterocycles. The minimum atomic E-state index is -0.596. The van der Waals surface area contributed by atoms with E-state index in [0.717, 1.165) is 48.0 Å². The Kier molecular flexibility index (Phi) is 3.97. The molecule has 1 saturated carbocycles. The second kappa shape index (κ2) is 5.90. The normalized spacial score (nSPS) is 17.6. The van der Waals surface area contributed by atoms with Crippen LogP contribution in [0.2, 0.25) is 0 Å². The summed E-state index contributed by atoms with van der Waals surface area (Å²) in [4.78, 5) is 4.42. The second-order valence-electron chi connectivity index (χ2n) is 5.89. The molecule has 0 radical (unpaired) electrons. The molecule has 1 aliphatic rings. The van der Waals surface area contributed by atoms with Gasteiger partial charge in [0.25, 0.3) is 0 Å². The maximum atomic E-state index is 10.6. The first-order chi connectivity index (χ1) is 10.2. The minimum absolute atomic E-state index is 0.552. The van der Waals surface area contributed by atoms with Gasteiger partial charge in [-0.3, -0.25) is 0 Å². The molecule has 0 saturated heterocycles. The average molecular weight is 286 g/mol. The lowest BCUT2D eigenvalue weighted by Gasteiger charge is -2.32. The first-order valence-corrected chi connectivity index (χ1v) is 7.59. The summed E-state index contributed by atoms with van der Waals surface area (Å²) < 4.78 is 5.29. The van der Waals surface area contributed by atoms with Gasteiger partial charge >= 0.3 is 0 Å².